The van der Waals surface area contributed by atoms with Crippen molar-refractivity contribution < 1.29 is 28.1 Å². The summed E-state index contributed by atoms with van der Waals surface area (Å²) in [6.07, 6.45) is -4.88. The summed E-state index contributed by atoms with van der Waals surface area (Å²) in [7, 11) is 0. The van der Waals surface area contributed by atoms with E-state index in [0.717, 1.165) is 5.56 Å². The molecular weight excluding hydrogens is 365 g/mol. The molecule has 1 heterocycles. The molecule has 7 heteroatoms. The average Bonchev–Trinajstić information content (AvgIpc) is 2.84. The van der Waals surface area contributed by atoms with Gasteiger partial charge >= 0.3 is 6.18 Å². The molecule has 1 atom stereocenters. The van der Waals surface area contributed by atoms with Crippen LogP contribution in [0.2, 0.25) is 0 Å². The van der Waals surface area contributed by atoms with Crippen LogP contribution in [0, 0.1) is 0 Å². The molecule has 0 spiro atoms. The number of fused-ring (bicyclic) bond motifs is 1. The van der Waals surface area contributed by atoms with Crippen LogP contribution in [-0.2, 0) is 11.8 Å². The Morgan fingerprint density at radius 3 is 2.45 bits per heavy atom. The lowest BCUT2D eigenvalue weighted by molar-refractivity contribution is -0.277. The highest BCUT2D eigenvalue weighted by Gasteiger charge is 2.56. The lowest BCUT2D eigenvalue weighted by Crippen LogP contribution is -2.52. The van der Waals surface area contributed by atoms with Gasteiger partial charge in [0, 0.05) is 16.5 Å². The minimum atomic E-state index is -4.91. The second-order valence-electron chi connectivity index (χ2n) is 6.26. The minimum Gasteiger partial charge on any atom is -0.493 e. The first kappa shape index (κ1) is 17.6. The highest BCUT2D eigenvalue weighted by molar-refractivity contribution is 9.10. The third-order valence-corrected chi connectivity index (χ3v) is 4.67. The van der Waals surface area contributed by atoms with Gasteiger partial charge in [0.1, 0.15) is 5.75 Å². The lowest BCUT2D eigenvalue weighted by Gasteiger charge is -2.37. The molecule has 1 aliphatic heterocycles. The Morgan fingerprint density at radius 2 is 1.91 bits per heavy atom. The van der Waals surface area contributed by atoms with Crippen molar-refractivity contribution in [2.45, 2.75) is 43.9 Å². The van der Waals surface area contributed by atoms with Crippen LogP contribution in [0.1, 0.15) is 31.4 Å². The van der Waals surface area contributed by atoms with Gasteiger partial charge in [-0.3, -0.25) is 0 Å². The van der Waals surface area contributed by atoms with Crippen molar-refractivity contribution in [1.29, 1.82) is 0 Å². The molecule has 0 aromatic heterocycles. The third-order valence-electron chi connectivity index (χ3n) is 4.01. The predicted octanol–water partition coefficient (Wildman–Crippen LogP) is 3.34. The number of halogens is 4. The molecule has 2 N–H and O–H groups in total. The number of ether oxygens (including phenoxy) is 1. The normalized spacial score (nSPS) is 17.8. The summed E-state index contributed by atoms with van der Waals surface area (Å²) in [5.41, 5.74) is -2.69. The maximum Gasteiger partial charge on any atom is 0.419 e. The molecule has 3 nitrogen and oxygen atoms in total. The number of hydrogen-bond acceptors (Lipinski definition) is 3. The van der Waals surface area contributed by atoms with Gasteiger partial charge in [0.2, 0.25) is 0 Å². The Balaban J connectivity index is 2.46. The molecule has 1 aliphatic rings. The molecule has 0 saturated heterocycles. The van der Waals surface area contributed by atoms with Crippen LogP contribution in [0.3, 0.4) is 0 Å². The van der Waals surface area contributed by atoms with Gasteiger partial charge in [-0.25, -0.2) is 0 Å². The van der Waals surface area contributed by atoms with E-state index in [1.54, 1.807) is 19.9 Å². The monoisotopic (exact) mass is 382 g/mol. The maximum atomic E-state index is 13.1. The molecule has 0 saturated carbocycles. The summed E-state index contributed by atoms with van der Waals surface area (Å²) in [6, 6.07) is 3.64. The Hall–Kier alpha value is -0.790. The fourth-order valence-corrected chi connectivity index (χ4v) is 3.77. The molecule has 1 aromatic rings. The number of alkyl halides is 3. The van der Waals surface area contributed by atoms with E-state index in [-0.39, 0.29) is 0 Å². The van der Waals surface area contributed by atoms with E-state index in [2.05, 4.69) is 15.9 Å². The molecule has 0 aliphatic carbocycles. The van der Waals surface area contributed by atoms with Gasteiger partial charge < -0.3 is 14.9 Å². The minimum absolute atomic E-state index is 0.485. The van der Waals surface area contributed by atoms with E-state index < -0.39 is 30.2 Å². The van der Waals surface area contributed by atoms with Gasteiger partial charge in [0.25, 0.3) is 0 Å². The zero-order valence-corrected chi connectivity index (χ0v) is 13.9. The first-order valence-electron chi connectivity index (χ1n) is 6.86. The van der Waals surface area contributed by atoms with Gasteiger partial charge in [0.05, 0.1) is 13.2 Å². The van der Waals surface area contributed by atoms with Crippen molar-refractivity contribution in [2.75, 3.05) is 13.2 Å². The number of aliphatic hydroxyl groups excluding tert-OH is 1. The van der Waals surface area contributed by atoms with Gasteiger partial charge in [-0.05, 0) is 23.5 Å². The molecule has 0 radical (unpaired) electrons. The van der Waals surface area contributed by atoms with Crippen molar-refractivity contribution in [1.82, 2.24) is 0 Å². The predicted molar refractivity (Wildman–Crippen MR) is 79.1 cm³/mol. The summed E-state index contributed by atoms with van der Waals surface area (Å²) in [4.78, 5) is 0. The van der Waals surface area contributed by atoms with Crippen LogP contribution >= 0.6 is 15.9 Å². The summed E-state index contributed by atoms with van der Waals surface area (Å²) in [5.74, 6) is 0.571. The Bertz CT molecular complexity index is 572. The molecule has 0 bridgehead atoms. The number of rotatable bonds is 4. The maximum absolute atomic E-state index is 13.1. The highest BCUT2D eigenvalue weighted by Crippen LogP contribution is 2.47. The van der Waals surface area contributed by atoms with Gasteiger partial charge in [-0.1, -0.05) is 35.8 Å². The molecule has 0 unspecified atom stereocenters. The van der Waals surface area contributed by atoms with E-state index in [4.69, 9.17) is 9.84 Å². The van der Waals surface area contributed by atoms with Crippen molar-refractivity contribution in [3.8, 4) is 5.75 Å². The van der Waals surface area contributed by atoms with Gasteiger partial charge in [-0.2, -0.15) is 13.2 Å². The van der Waals surface area contributed by atoms with Crippen LogP contribution in [0.15, 0.2) is 16.6 Å². The van der Waals surface area contributed by atoms with Gasteiger partial charge in [0.15, 0.2) is 5.60 Å². The molecule has 1 aromatic carbocycles. The second-order valence-corrected chi connectivity index (χ2v) is 7.11. The summed E-state index contributed by atoms with van der Waals surface area (Å²) < 4.78 is 45.4. The SMILES string of the molecule is CC(C)(C[C@](O)(CO)C(F)(F)F)c1c(Br)ccc2c1OCC2. The number of benzene rings is 1. The molecule has 0 fully saturated rings. The highest BCUT2D eigenvalue weighted by atomic mass is 79.9. The fourth-order valence-electron chi connectivity index (χ4n) is 2.92. The van der Waals surface area contributed by atoms with Crippen molar-refractivity contribution in [2.24, 2.45) is 0 Å². The van der Waals surface area contributed by atoms with Crippen LogP contribution < -0.4 is 4.74 Å². The topological polar surface area (TPSA) is 49.7 Å². The van der Waals surface area contributed by atoms with E-state index in [9.17, 15) is 18.3 Å². The van der Waals surface area contributed by atoms with Crippen molar-refractivity contribution in [3.05, 3.63) is 27.7 Å². The first-order valence-corrected chi connectivity index (χ1v) is 7.66. The van der Waals surface area contributed by atoms with E-state index in [0.29, 0.717) is 28.8 Å². The van der Waals surface area contributed by atoms with Crippen molar-refractivity contribution >= 4 is 15.9 Å². The Labute approximate surface area is 135 Å². The van der Waals surface area contributed by atoms with E-state index in [1.807, 2.05) is 6.07 Å². The number of hydrogen-bond donors (Lipinski definition) is 2. The molecule has 124 valence electrons. The third kappa shape index (κ3) is 2.98. The standard InChI is InChI=1S/C15H18BrF3O3/c1-13(2,7-14(21,8-20)15(17,18)19)11-10(16)4-3-9-5-6-22-12(9)11/h3-4,20-21H,5-8H2,1-2H3/t14-/m0/s1. The second kappa shape index (κ2) is 5.69. The summed E-state index contributed by atoms with van der Waals surface area (Å²) >= 11 is 3.36. The first-order chi connectivity index (χ1) is 10.0. The van der Waals surface area contributed by atoms with Crippen LogP contribution in [-0.4, -0.2) is 35.2 Å². The lowest BCUT2D eigenvalue weighted by atomic mass is 9.74. The van der Waals surface area contributed by atoms with Crippen LogP contribution in [0.5, 0.6) is 5.75 Å². The van der Waals surface area contributed by atoms with Crippen LogP contribution in [0.4, 0.5) is 13.2 Å². The number of aliphatic hydroxyl groups is 2. The average molecular weight is 383 g/mol. The summed E-state index contributed by atoms with van der Waals surface area (Å²) in [5, 5.41) is 18.9. The quantitative estimate of drug-likeness (QED) is 0.839. The molecule has 22 heavy (non-hydrogen) atoms. The zero-order valence-electron chi connectivity index (χ0n) is 12.3. The van der Waals surface area contributed by atoms with E-state index >= 15 is 0 Å². The Kier molecular flexibility index (Phi) is 4.54. The largest absolute Gasteiger partial charge is 0.493 e. The molecule has 0 amide bonds. The fraction of sp³-hybridized carbons (Fsp3) is 0.600. The summed E-state index contributed by atoms with van der Waals surface area (Å²) in [6.45, 7) is 2.30. The van der Waals surface area contributed by atoms with Crippen molar-refractivity contribution in [3.63, 3.8) is 0 Å². The van der Waals surface area contributed by atoms with Crippen LogP contribution in [0.25, 0.3) is 0 Å². The van der Waals surface area contributed by atoms with Gasteiger partial charge in [-0.15, -0.1) is 0 Å². The molecular formula is C15H18BrF3O3. The zero-order chi connectivity index (χ0) is 16.8. The van der Waals surface area contributed by atoms with E-state index in [1.165, 1.54) is 0 Å². The smallest absolute Gasteiger partial charge is 0.419 e. The Morgan fingerprint density at radius 1 is 1.27 bits per heavy atom. The molecule has 2 rings (SSSR count).